The average Bonchev–Trinajstić information content (AvgIpc) is 2.78. The number of aliphatic hydroxyl groups excluding tert-OH is 1. The van der Waals surface area contributed by atoms with Gasteiger partial charge >= 0.3 is 0 Å². The summed E-state index contributed by atoms with van der Waals surface area (Å²) >= 11 is 1.54. The van der Waals surface area contributed by atoms with E-state index in [9.17, 15) is 5.11 Å². The lowest BCUT2D eigenvalue weighted by atomic mass is 10.3. The first-order chi connectivity index (χ1) is 7.31. The highest BCUT2D eigenvalue weighted by molar-refractivity contribution is 7.13. The van der Waals surface area contributed by atoms with Gasteiger partial charge in [0.25, 0.3) is 0 Å². The van der Waals surface area contributed by atoms with E-state index >= 15 is 0 Å². The molecule has 0 radical (unpaired) electrons. The molecule has 0 bridgehead atoms. The standard InChI is InChI=1S/C9H15N3O2S/c10-5-8(13)7-6-15-9(11-7)12-1-3-14-4-2-12/h6,8,13H,1-5,10H2. The van der Waals surface area contributed by atoms with Crippen molar-refractivity contribution in [2.45, 2.75) is 6.10 Å². The van der Waals surface area contributed by atoms with Gasteiger partial charge < -0.3 is 20.5 Å². The molecule has 0 aliphatic carbocycles. The van der Waals surface area contributed by atoms with E-state index in [0.717, 1.165) is 31.4 Å². The predicted octanol–water partition coefficient (Wildman–Crippen LogP) is -0.0282. The highest BCUT2D eigenvalue weighted by Crippen LogP contribution is 2.24. The quantitative estimate of drug-likeness (QED) is 0.761. The zero-order valence-electron chi connectivity index (χ0n) is 8.43. The van der Waals surface area contributed by atoms with Crippen LogP contribution >= 0.6 is 11.3 Å². The van der Waals surface area contributed by atoms with Crippen molar-refractivity contribution in [3.8, 4) is 0 Å². The van der Waals surface area contributed by atoms with Gasteiger partial charge in [-0.05, 0) is 0 Å². The molecule has 1 aromatic heterocycles. The maximum absolute atomic E-state index is 9.52. The van der Waals surface area contributed by atoms with Crippen molar-refractivity contribution in [3.05, 3.63) is 11.1 Å². The number of nitrogens with two attached hydrogens (primary N) is 1. The Morgan fingerprint density at radius 2 is 2.33 bits per heavy atom. The number of anilines is 1. The van der Waals surface area contributed by atoms with Crippen LogP contribution in [0.1, 0.15) is 11.8 Å². The Labute approximate surface area is 92.5 Å². The lowest BCUT2D eigenvalue weighted by Gasteiger charge is -2.26. The summed E-state index contributed by atoms with van der Waals surface area (Å²) in [5.41, 5.74) is 6.04. The fraction of sp³-hybridized carbons (Fsp3) is 0.667. The molecule has 1 aliphatic rings. The number of thiazole rings is 1. The number of aliphatic hydroxyl groups is 1. The summed E-state index contributed by atoms with van der Waals surface area (Å²) in [5.74, 6) is 0. The first-order valence-corrected chi connectivity index (χ1v) is 5.85. The summed E-state index contributed by atoms with van der Waals surface area (Å²) in [5, 5.41) is 12.3. The zero-order chi connectivity index (χ0) is 10.7. The first kappa shape index (κ1) is 10.8. The van der Waals surface area contributed by atoms with Crippen molar-refractivity contribution in [2.75, 3.05) is 37.7 Å². The molecule has 0 spiro atoms. The Kier molecular flexibility index (Phi) is 3.53. The molecule has 15 heavy (non-hydrogen) atoms. The topological polar surface area (TPSA) is 71.6 Å². The van der Waals surface area contributed by atoms with E-state index in [-0.39, 0.29) is 6.54 Å². The lowest BCUT2D eigenvalue weighted by molar-refractivity contribution is 0.122. The smallest absolute Gasteiger partial charge is 0.185 e. The molecular formula is C9H15N3O2S. The Bertz CT molecular complexity index is 312. The zero-order valence-corrected chi connectivity index (χ0v) is 9.24. The largest absolute Gasteiger partial charge is 0.385 e. The van der Waals surface area contributed by atoms with Crippen LogP contribution in [0.3, 0.4) is 0 Å². The molecule has 3 N–H and O–H groups in total. The van der Waals surface area contributed by atoms with Crippen molar-refractivity contribution in [2.24, 2.45) is 5.73 Å². The van der Waals surface area contributed by atoms with E-state index < -0.39 is 6.10 Å². The molecule has 0 saturated carbocycles. The summed E-state index contributed by atoms with van der Waals surface area (Å²) < 4.78 is 5.26. The molecular weight excluding hydrogens is 214 g/mol. The second-order valence-corrected chi connectivity index (χ2v) is 4.24. The fourth-order valence-electron chi connectivity index (χ4n) is 1.45. The number of ether oxygens (including phenoxy) is 1. The average molecular weight is 229 g/mol. The number of morpholine rings is 1. The third kappa shape index (κ3) is 2.46. The van der Waals surface area contributed by atoms with Gasteiger partial charge in [-0.2, -0.15) is 0 Å². The Morgan fingerprint density at radius 1 is 1.60 bits per heavy atom. The van der Waals surface area contributed by atoms with Crippen LogP contribution in [0.25, 0.3) is 0 Å². The van der Waals surface area contributed by atoms with Gasteiger partial charge in [-0.3, -0.25) is 0 Å². The van der Waals surface area contributed by atoms with Crippen LogP contribution in [0.5, 0.6) is 0 Å². The molecule has 6 heteroatoms. The molecule has 5 nitrogen and oxygen atoms in total. The van der Waals surface area contributed by atoms with Crippen LogP contribution in [-0.4, -0.2) is 42.9 Å². The van der Waals surface area contributed by atoms with Crippen LogP contribution in [0.15, 0.2) is 5.38 Å². The molecule has 1 fully saturated rings. The molecule has 2 rings (SSSR count). The van der Waals surface area contributed by atoms with Crippen LogP contribution in [0.2, 0.25) is 0 Å². The molecule has 1 aromatic rings. The second-order valence-electron chi connectivity index (χ2n) is 3.41. The van der Waals surface area contributed by atoms with E-state index in [2.05, 4.69) is 9.88 Å². The van der Waals surface area contributed by atoms with Crippen molar-refractivity contribution in [1.29, 1.82) is 0 Å². The van der Waals surface area contributed by atoms with Crippen molar-refractivity contribution in [3.63, 3.8) is 0 Å². The van der Waals surface area contributed by atoms with E-state index in [0.29, 0.717) is 5.69 Å². The summed E-state index contributed by atoms with van der Waals surface area (Å²) in [6, 6.07) is 0. The maximum Gasteiger partial charge on any atom is 0.185 e. The summed E-state index contributed by atoms with van der Waals surface area (Å²) in [4.78, 5) is 6.53. The second kappa shape index (κ2) is 4.89. The SMILES string of the molecule is NCC(O)c1csc(N2CCOCC2)n1. The maximum atomic E-state index is 9.52. The Morgan fingerprint density at radius 3 is 3.00 bits per heavy atom. The van der Waals surface area contributed by atoms with E-state index in [1.54, 1.807) is 11.3 Å². The number of nitrogens with zero attached hydrogens (tertiary/aromatic N) is 2. The van der Waals surface area contributed by atoms with Crippen LogP contribution in [0.4, 0.5) is 5.13 Å². The molecule has 0 aromatic carbocycles. The van der Waals surface area contributed by atoms with Gasteiger partial charge in [-0.15, -0.1) is 11.3 Å². The van der Waals surface area contributed by atoms with Gasteiger partial charge in [0.05, 0.1) is 18.9 Å². The molecule has 1 saturated heterocycles. The van der Waals surface area contributed by atoms with Gasteiger partial charge in [-0.1, -0.05) is 0 Å². The first-order valence-electron chi connectivity index (χ1n) is 4.97. The Balaban J connectivity index is 2.05. The number of aromatic nitrogens is 1. The summed E-state index contributed by atoms with van der Waals surface area (Å²) in [7, 11) is 0. The highest BCUT2D eigenvalue weighted by Gasteiger charge is 2.16. The number of hydrogen-bond donors (Lipinski definition) is 2. The van der Waals surface area contributed by atoms with Crippen molar-refractivity contribution < 1.29 is 9.84 Å². The normalized spacial score (nSPS) is 19.2. The lowest BCUT2D eigenvalue weighted by Crippen LogP contribution is -2.36. The van der Waals surface area contributed by atoms with Crippen molar-refractivity contribution >= 4 is 16.5 Å². The van der Waals surface area contributed by atoms with Crippen molar-refractivity contribution in [1.82, 2.24) is 4.98 Å². The molecule has 0 amide bonds. The fourth-order valence-corrected chi connectivity index (χ4v) is 2.38. The summed E-state index contributed by atoms with van der Waals surface area (Å²) in [6.45, 7) is 3.44. The third-order valence-corrected chi connectivity index (χ3v) is 3.28. The molecule has 84 valence electrons. The van der Waals surface area contributed by atoms with Crippen LogP contribution in [-0.2, 0) is 4.74 Å². The minimum Gasteiger partial charge on any atom is -0.385 e. The molecule has 1 unspecified atom stereocenters. The van der Waals surface area contributed by atoms with Crippen LogP contribution < -0.4 is 10.6 Å². The minimum absolute atomic E-state index is 0.215. The van der Waals surface area contributed by atoms with Gasteiger partial charge in [0.15, 0.2) is 5.13 Å². The number of rotatable bonds is 3. The van der Waals surface area contributed by atoms with E-state index in [1.165, 1.54) is 0 Å². The summed E-state index contributed by atoms with van der Waals surface area (Å²) in [6.07, 6.45) is -0.643. The van der Waals surface area contributed by atoms with E-state index in [1.807, 2.05) is 5.38 Å². The Hall–Kier alpha value is -0.690. The minimum atomic E-state index is -0.643. The van der Waals surface area contributed by atoms with Gasteiger partial charge in [0.2, 0.25) is 0 Å². The number of hydrogen-bond acceptors (Lipinski definition) is 6. The predicted molar refractivity (Wildman–Crippen MR) is 59.2 cm³/mol. The van der Waals surface area contributed by atoms with Gasteiger partial charge in [-0.25, -0.2) is 4.98 Å². The van der Waals surface area contributed by atoms with Crippen LogP contribution in [0, 0.1) is 0 Å². The third-order valence-electron chi connectivity index (χ3n) is 2.36. The van der Waals surface area contributed by atoms with E-state index in [4.69, 9.17) is 10.5 Å². The highest BCUT2D eigenvalue weighted by atomic mass is 32.1. The molecule has 2 heterocycles. The molecule has 1 aliphatic heterocycles. The van der Waals surface area contributed by atoms with Gasteiger partial charge in [0.1, 0.15) is 6.10 Å². The monoisotopic (exact) mass is 229 g/mol. The van der Waals surface area contributed by atoms with Gasteiger partial charge in [0, 0.05) is 25.0 Å². The molecule has 1 atom stereocenters.